The van der Waals surface area contributed by atoms with E-state index >= 15 is 0 Å². The van der Waals surface area contributed by atoms with Crippen LogP contribution in [-0.2, 0) is 16.6 Å². The number of rotatable bonds is 10. The van der Waals surface area contributed by atoms with Crippen molar-refractivity contribution < 1.29 is 17.9 Å². The fraction of sp³-hybridized carbons (Fsp3) is 0.733. The molecule has 1 rings (SSSR count). The van der Waals surface area contributed by atoms with Gasteiger partial charge in [0.05, 0.1) is 0 Å². The molecule has 2 N–H and O–H groups in total. The van der Waals surface area contributed by atoms with Crippen LogP contribution in [-0.4, -0.2) is 20.1 Å². The smallest absolute Gasteiger partial charge is 0.244 e. The third-order valence-corrected chi connectivity index (χ3v) is 4.94. The maximum absolute atomic E-state index is 12.1. The average Bonchev–Trinajstić information content (AvgIpc) is 2.79. The van der Waals surface area contributed by atoms with E-state index < -0.39 is 10.0 Å². The molecule has 0 aliphatic carbocycles. The van der Waals surface area contributed by atoms with Gasteiger partial charge in [0, 0.05) is 12.6 Å². The van der Waals surface area contributed by atoms with Crippen LogP contribution in [0, 0.1) is 12.8 Å². The van der Waals surface area contributed by atoms with Crippen molar-refractivity contribution in [3.63, 3.8) is 0 Å². The molecule has 0 radical (unpaired) electrons. The van der Waals surface area contributed by atoms with Crippen LogP contribution in [0.4, 0.5) is 0 Å². The quantitative estimate of drug-likeness (QED) is 0.650. The minimum atomic E-state index is -3.54. The van der Waals surface area contributed by atoms with Gasteiger partial charge >= 0.3 is 0 Å². The van der Waals surface area contributed by atoms with Crippen molar-refractivity contribution in [1.82, 2.24) is 4.72 Å². The van der Waals surface area contributed by atoms with Gasteiger partial charge in [-0.15, -0.1) is 0 Å². The third kappa shape index (κ3) is 6.20. The SMILES string of the molecule is Cc1oc(CO)cc1S(=O)(=O)NCCCCCCC(C)C. The van der Waals surface area contributed by atoms with Crippen LogP contribution in [0.3, 0.4) is 0 Å². The maximum atomic E-state index is 12.1. The number of aryl methyl sites for hydroxylation is 1. The van der Waals surface area contributed by atoms with Gasteiger partial charge in [0.25, 0.3) is 0 Å². The second-order valence-corrected chi connectivity index (χ2v) is 7.52. The third-order valence-electron chi connectivity index (χ3n) is 3.37. The van der Waals surface area contributed by atoms with Gasteiger partial charge in [0.1, 0.15) is 23.0 Å². The minimum Gasteiger partial charge on any atom is -0.462 e. The number of hydrogen-bond donors (Lipinski definition) is 2. The van der Waals surface area contributed by atoms with Crippen molar-refractivity contribution in [2.45, 2.75) is 64.4 Å². The number of hydrogen-bond acceptors (Lipinski definition) is 4. The number of aliphatic hydroxyl groups is 1. The van der Waals surface area contributed by atoms with E-state index in [1.807, 2.05) is 0 Å². The summed E-state index contributed by atoms with van der Waals surface area (Å²) in [4.78, 5) is 0.117. The molecule has 122 valence electrons. The lowest BCUT2D eigenvalue weighted by Crippen LogP contribution is -2.25. The van der Waals surface area contributed by atoms with Crippen molar-refractivity contribution in [3.8, 4) is 0 Å². The van der Waals surface area contributed by atoms with E-state index in [-0.39, 0.29) is 17.3 Å². The molecule has 1 heterocycles. The summed E-state index contributed by atoms with van der Waals surface area (Å²) in [5.41, 5.74) is 0. The highest BCUT2D eigenvalue weighted by Gasteiger charge is 2.20. The summed E-state index contributed by atoms with van der Waals surface area (Å²) in [6.07, 6.45) is 5.43. The zero-order valence-electron chi connectivity index (χ0n) is 13.2. The van der Waals surface area contributed by atoms with E-state index in [0.29, 0.717) is 12.3 Å². The molecule has 0 aliphatic rings. The lowest BCUT2D eigenvalue weighted by atomic mass is 10.0. The lowest BCUT2D eigenvalue weighted by Gasteiger charge is -2.06. The van der Waals surface area contributed by atoms with Gasteiger partial charge in [-0.25, -0.2) is 13.1 Å². The zero-order chi connectivity index (χ0) is 15.9. The van der Waals surface area contributed by atoms with Crippen LogP contribution in [0.2, 0.25) is 0 Å². The Balaban J connectivity index is 2.35. The highest BCUT2D eigenvalue weighted by atomic mass is 32.2. The second-order valence-electron chi connectivity index (χ2n) is 5.79. The number of nitrogens with one attached hydrogen (secondary N) is 1. The van der Waals surface area contributed by atoms with E-state index in [4.69, 9.17) is 9.52 Å². The summed E-state index contributed by atoms with van der Waals surface area (Å²) < 4.78 is 32.0. The largest absolute Gasteiger partial charge is 0.462 e. The van der Waals surface area contributed by atoms with Crippen LogP contribution in [0.15, 0.2) is 15.4 Å². The first-order valence-electron chi connectivity index (χ1n) is 7.56. The minimum absolute atomic E-state index is 0.117. The van der Waals surface area contributed by atoms with E-state index in [2.05, 4.69) is 18.6 Å². The molecule has 0 aliphatic heterocycles. The number of aliphatic hydroxyl groups excluding tert-OH is 1. The van der Waals surface area contributed by atoms with Gasteiger partial charge in [-0.1, -0.05) is 39.5 Å². The van der Waals surface area contributed by atoms with Crippen molar-refractivity contribution in [1.29, 1.82) is 0 Å². The summed E-state index contributed by atoms with van der Waals surface area (Å²) in [6.45, 7) is 6.14. The van der Waals surface area contributed by atoms with Crippen molar-refractivity contribution in [3.05, 3.63) is 17.6 Å². The number of unbranched alkanes of at least 4 members (excludes halogenated alkanes) is 3. The van der Waals surface area contributed by atoms with Crippen molar-refractivity contribution in [2.75, 3.05) is 6.54 Å². The molecule has 21 heavy (non-hydrogen) atoms. The monoisotopic (exact) mass is 317 g/mol. The molecule has 0 saturated heterocycles. The fourth-order valence-corrected chi connectivity index (χ4v) is 3.46. The molecule has 0 saturated carbocycles. The molecular weight excluding hydrogens is 290 g/mol. The molecule has 6 heteroatoms. The molecule has 0 amide bonds. The summed E-state index contributed by atoms with van der Waals surface area (Å²) in [5, 5.41) is 8.97. The van der Waals surface area contributed by atoms with E-state index in [1.54, 1.807) is 6.92 Å². The topological polar surface area (TPSA) is 79.5 Å². The molecule has 0 fully saturated rings. The van der Waals surface area contributed by atoms with Crippen LogP contribution in [0.1, 0.15) is 57.5 Å². The molecule has 5 nitrogen and oxygen atoms in total. The van der Waals surface area contributed by atoms with Crippen LogP contribution in [0.5, 0.6) is 0 Å². The Labute approximate surface area is 127 Å². The van der Waals surface area contributed by atoms with Gasteiger partial charge in [-0.3, -0.25) is 0 Å². The molecule has 1 aromatic heterocycles. The molecular formula is C15H27NO4S. The summed E-state index contributed by atoms with van der Waals surface area (Å²) in [7, 11) is -3.54. The maximum Gasteiger partial charge on any atom is 0.244 e. The Bertz CT molecular complexity index is 520. The predicted molar refractivity (Wildman–Crippen MR) is 82.5 cm³/mol. The highest BCUT2D eigenvalue weighted by Crippen LogP contribution is 2.19. The normalized spacial score (nSPS) is 12.2. The van der Waals surface area contributed by atoms with Gasteiger partial charge in [0.2, 0.25) is 10.0 Å². The van der Waals surface area contributed by atoms with Crippen LogP contribution >= 0.6 is 0 Å². The number of furan rings is 1. The van der Waals surface area contributed by atoms with Gasteiger partial charge in [-0.2, -0.15) is 0 Å². The first kappa shape index (κ1) is 18.2. The van der Waals surface area contributed by atoms with E-state index in [9.17, 15) is 8.42 Å². The summed E-state index contributed by atoms with van der Waals surface area (Å²) in [5.74, 6) is 1.30. The lowest BCUT2D eigenvalue weighted by molar-refractivity contribution is 0.244. The second kappa shape index (κ2) is 8.56. The first-order chi connectivity index (χ1) is 9.86. The van der Waals surface area contributed by atoms with Crippen molar-refractivity contribution in [2.24, 2.45) is 5.92 Å². The van der Waals surface area contributed by atoms with Crippen molar-refractivity contribution >= 4 is 10.0 Å². The standard InChI is InChI=1S/C15H27NO4S/c1-12(2)8-6-4-5-7-9-16-21(18,19)15-10-14(11-17)20-13(15)3/h10,12,16-17H,4-9,11H2,1-3H3. The molecule has 0 bridgehead atoms. The Kier molecular flexibility index (Phi) is 7.42. The Hall–Kier alpha value is -0.850. The molecule has 0 spiro atoms. The molecule has 0 aromatic carbocycles. The highest BCUT2D eigenvalue weighted by molar-refractivity contribution is 7.89. The summed E-state index contributed by atoms with van der Waals surface area (Å²) in [6, 6.07) is 1.38. The molecule has 0 atom stereocenters. The Morgan fingerprint density at radius 1 is 1.24 bits per heavy atom. The first-order valence-corrected chi connectivity index (χ1v) is 9.05. The van der Waals surface area contributed by atoms with E-state index in [1.165, 1.54) is 18.9 Å². The fourth-order valence-electron chi connectivity index (χ4n) is 2.18. The number of sulfonamides is 1. The molecule has 0 unspecified atom stereocenters. The Morgan fingerprint density at radius 3 is 2.48 bits per heavy atom. The van der Waals surface area contributed by atoms with Crippen LogP contribution in [0.25, 0.3) is 0 Å². The van der Waals surface area contributed by atoms with E-state index in [0.717, 1.165) is 25.2 Å². The molecule has 1 aromatic rings. The predicted octanol–water partition coefficient (Wildman–Crippen LogP) is 2.97. The van der Waals surface area contributed by atoms with Crippen LogP contribution < -0.4 is 4.72 Å². The zero-order valence-corrected chi connectivity index (χ0v) is 14.0. The van der Waals surface area contributed by atoms with Gasteiger partial charge < -0.3 is 9.52 Å². The van der Waals surface area contributed by atoms with Gasteiger partial charge in [0.15, 0.2) is 0 Å². The van der Waals surface area contributed by atoms with Gasteiger partial charge in [-0.05, 0) is 19.3 Å². The summed E-state index contributed by atoms with van der Waals surface area (Å²) >= 11 is 0. The Morgan fingerprint density at radius 2 is 1.90 bits per heavy atom. The average molecular weight is 317 g/mol.